The summed E-state index contributed by atoms with van der Waals surface area (Å²) >= 11 is 0. The second kappa shape index (κ2) is 5.82. The normalized spacial score (nSPS) is 26.3. The molecule has 0 bridgehead atoms. The predicted molar refractivity (Wildman–Crippen MR) is 85.2 cm³/mol. The standard InChI is InChI=1S/C18H25NO2/c1-13-6-5-9-18(10-13,12-20)19-11-16-14(2)21-17-8-4-3-7-15(16)17/h3-4,7-8,13,19-20H,5-6,9-12H2,1-2H3. The van der Waals surface area contributed by atoms with Gasteiger partial charge in [-0.25, -0.2) is 0 Å². The van der Waals surface area contributed by atoms with E-state index in [1.807, 2.05) is 25.1 Å². The molecule has 2 N–H and O–H groups in total. The number of rotatable bonds is 4. The van der Waals surface area contributed by atoms with Gasteiger partial charge in [-0.1, -0.05) is 38.0 Å². The Morgan fingerprint density at radius 2 is 2.19 bits per heavy atom. The molecule has 0 radical (unpaired) electrons. The fraction of sp³-hybridized carbons (Fsp3) is 0.556. The van der Waals surface area contributed by atoms with E-state index in [4.69, 9.17) is 4.42 Å². The van der Waals surface area contributed by atoms with E-state index in [1.54, 1.807) is 0 Å². The van der Waals surface area contributed by atoms with Gasteiger partial charge in [0, 0.05) is 23.0 Å². The quantitative estimate of drug-likeness (QED) is 0.899. The Bertz CT molecular complexity index is 619. The van der Waals surface area contributed by atoms with E-state index >= 15 is 0 Å². The largest absolute Gasteiger partial charge is 0.461 e. The van der Waals surface area contributed by atoms with Crippen molar-refractivity contribution in [1.82, 2.24) is 5.32 Å². The maximum Gasteiger partial charge on any atom is 0.134 e. The molecule has 0 amide bonds. The molecule has 1 aromatic heterocycles. The summed E-state index contributed by atoms with van der Waals surface area (Å²) in [7, 11) is 0. The maximum absolute atomic E-state index is 9.88. The van der Waals surface area contributed by atoms with Gasteiger partial charge in [-0.3, -0.25) is 0 Å². The van der Waals surface area contributed by atoms with Crippen molar-refractivity contribution >= 4 is 11.0 Å². The molecular weight excluding hydrogens is 262 g/mol. The van der Waals surface area contributed by atoms with E-state index < -0.39 is 0 Å². The average Bonchev–Trinajstić information content (AvgIpc) is 2.81. The van der Waals surface area contributed by atoms with Crippen molar-refractivity contribution in [3.8, 4) is 0 Å². The molecular formula is C18H25NO2. The topological polar surface area (TPSA) is 45.4 Å². The Kier molecular flexibility index (Phi) is 4.05. The zero-order chi connectivity index (χ0) is 14.9. The molecule has 1 fully saturated rings. The highest BCUT2D eigenvalue weighted by Crippen LogP contribution is 2.33. The van der Waals surface area contributed by atoms with Crippen LogP contribution in [0.5, 0.6) is 0 Å². The summed E-state index contributed by atoms with van der Waals surface area (Å²) in [4.78, 5) is 0. The monoisotopic (exact) mass is 287 g/mol. The number of hydrogen-bond donors (Lipinski definition) is 2. The Hall–Kier alpha value is -1.32. The van der Waals surface area contributed by atoms with Crippen molar-refractivity contribution in [2.75, 3.05) is 6.61 Å². The summed E-state index contributed by atoms with van der Waals surface area (Å²) in [6, 6.07) is 8.17. The highest BCUT2D eigenvalue weighted by Gasteiger charge is 2.34. The van der Waals surface area contributed by atoms with Crippen molar-refractivity contribution in [1.29, 1.82) is 0 Å². The molecule has 2 unspecified atom stereocenters. The van der Waals surface area contributed by atoms with Gasteiger partial charge >= 0.3 is 0 Å². The molecule has 1 aromatic carbocycles. The minimum Gasteiger partial charge on any atom is -0.461 e. The van der Waals surface area contributed by atoms with Crippen molar-refractivity contribution in [3.63, 3.8) is 0 Å². The summed E-state index contributed by atoms with van der Waals surface area (Å²) < 4.78 is 5.82. The zero-order valence-electron chi connectivity index (χ0n) is 13.0. The summed E-state index contributed by atoms with van der Waals surface area (Å²) in [6.07, 6.45) is 4.58. The molecule has 1 heterocycles. The molecule has 0 spiro atoms. The number of hydrogen-bond acceptors (Lipinski definition) is 3. The van der Waals surface area contributed by atoms with Gasteiger partial charge in [0.2, 0.25) is 0 Å². The molecule has 2 atom stereocenters. The molecule has 0 saturated heterocycles. The fourth-order valence-electron chi connectivity index (χ4n) is 3.74. The lowest BCUT2D eigenvalue weighted by Gasteiger charge is -2.39. The molecule has 2 aromatic rings. The molecule has 0 aliphatic heterocycles. The maximum atomic E-state index is 9.88. The van der Waals surface area contributed by atoms with E-state index in [2.05, 4.69) is 18.3 Å². The van der Waals surface area contributed by atoms with Gasteiger partial charge in [-0.15, -0.1) is 0 Å². The van der Waals surface area contributed by atoms with Crippen LogP contribution in [0.4, 0.5) is 0 Å². The Morgan fingerprint density at radius 1 is 1.38 bits per heavy atom. The van der Waals surface area contributed by atoms with Crippen LogP contribution in [0.15, 0.2) is 28.7 Å². The lowest BCUT2D eigenvalue weighted by atomic mass is 9.76. The second-order valence-corrected chi connectivity index (χ2v) is 6.63. The number of aliphatic hydroxyl groups is 1. The van der Waals surface area contributed by atoms with Crippen molar-refractivity contribution in [2.45, 2.75) is 51.6 Å². The van der Waals surface area contributed by atoms with Gasteiger partial charge in [-0.2, -0.15) is 0 Å². The molecule has 21 heavy (non-hydrogen) atoms. The van der Waals surface area contributed by atoms with Gasteiger partial charge in [0.15, 0.2) is 0 Å². The summed E-state index contributed by atoms with van der Waals surface area (Å²) in [5.74, 6) is 1.65. The van der Waals surface area contributed by atoms with Crippen LogP contribution in [-0.4, -0.2) is 17.3 Å². The van der Waals surface area contributed by atoms with Crippen LogP contribution in [0, 0.1) is 12.8 Å². The first-order chi connectivity index (χ1) is 10.1. The van der Waals surface area contributed by atoms with E-state index in [1.165, 1.54) is 23.8 Å². The third kappa shape index (κ3) is 2.85. The van der Waals surface area contributed by atoms with E-state index in [-0.39, 0.29) is 12.1 Å². The minimum atomic E-state index is -0.123. The van der Waals surface area contributed by atoms with Crippen molar-refractivity contribution in [3.05, 3.63) is 35.6 Å². The lowest BCUT2D eigenvalue weighted by molar-refractivity contribution is 0.0982. The van der Waals surface area contributed by atoms with Crippen LogP contribution in [0.25, 0.3) is 11.0 Å². The number of benzene rings is 1. The van der Waals surface area contributed by atoms with Crippen LogP contribution in [0.2, 0.25) is 0 Å². The van der Waals surface area contributed by atoms with Gasteiger partial charge in [0.05, 0.1) is 6.61 Å². The zero-order valence-corrected chi connectivity index (χ0v) is 13.0. The van der Waals surface area contributed by atoms with Gasteiger partial charge in [0.1, 0.15) is 11.3 Å². The number of para-hydroxylation sites is 1. The first kappa shape index (κ1) is 14.6. The fourth-order valence-corrected chi connectivity index (χ4v) is 3.74. The summed E-state index contributed by atoms with van der Waals surface area (Å²) in [5.41, 5.74) is 2.04. The highest BCUT2D eigenvalue weighted by molar-refractivity contribution is 5.82. The summed E-state index contributed by atoms with van der Waals surface area (Å²) in [5, 5.41) is 14.7. The predicted octanol–water partition coefficient (Wildman–Crippen LogP) is 3.77. The first-order valence-electron chi connectivity index (χ1n) is 7.96. The molecule has 3 rings (SSSR count). The van der Waals surface area contributed by atoms with Crippen LogP contribution in [-0.2, 0) is 6.54 Å². The van der Waals surface area contributed by atoms with Gasteiger partial charge in [-0.05, 0) is 31.7 Å². The van der Waals surface area contributed by atoms with Crippen molar-refractivity contribution in [2.24, 2.45) is 5.92 Å². The number of nitrogens with one attached hydrogen (secondary N) is 1. The van der Waals surface area contributed by atoms with Gasteiger partial charge in [0.25, 0.3) is 0 Å². The number of fused-ring (bicyclic) bond motifs is 1. The average molecular weight is 287 g/mol. The SMILES string of the molecule is Cc1oc2ccccc2c1CNC1(CO)CCCC(C)C1. The molecule has 1 aliphatic carbocycles. The molecule has 3 nitrogen and oxygen atoms in total. The first-order valence-corrected chi connectivity index (χ1v) is 7.96. The third-order valence-electron chi connectivity index (χ3n) is 4.93. The van der Waals surface area contributed by atoms with E-state index in [0.717, 1.165) is 30.7 Å². The molecule has 1 saturated carbocycles. The minimum absolute atomic E-state index is 0.123. The number of aryl methyl sites for hydroxylation is 1. The Balaban J connectivity index is 1.80. The van der Waals surface area contributed by atoms with Crippen LogP contribution in [0.1, 0.15) is 43.9 Å². The van der Waals surface area contributed by atoms with Gasteiger partial charge < -0.3 is 14.8 Å². The Morgan fingerprint density at radius 3 is 2.95 bits per heavy atom. The second-order valence-electron chi connectivity index (χ2n) is 6.63. The highest BCUT2D eigenvalue weighted by atomic mass is 16.3. The van der Waals surface area contributed by atoms with Crippen molar-refractivity contribution < 1.29 is 9.52 Å². The van der Waals surface area contributed by atoms with E-state index in [9.17, 15) is 5.11 Å². The Labute approximate surface area is 126 Å². The van der Waals surface area contributed by atoms with Crippen LogP contribution >= 0.6 is 0 Å². The van der Waals surface area contributed by atoms with Crippen LogP contribution < -0.4 is 5.32 Å². The lowest BCUT2D eigenvalue weighted by Crippen LogP contribution is -2.51. The van der Waals surface area contributed by atoms with E-state index in [0.29, 0.717) is 5.92 Å². The smallest absolute Gasteiger partial charge is 0.134 e. The molecule has 3 heteroatoms. The summed E-state index contributed by atoms with van der Waals surface area (Å²) in [6.45, 7) is 5.28. The third-order valence-corrected chi connectivity index (χ3v) is 4.93. The number of furan rings is 1. The molecule has 114 valence electrons. The van der Waals surface area contributed by atoms with Crippen LogP contribution in [0.3, 0.4) is 0 Å². The number of aliphatic hydroxyl groups excluding tert-OH is 1. The molecule has 1 aliphatic rings.